The lowest BCUT2D eigenvalue weighted by Gasteiger charge is -2.22. The molecule has 1 aromatic carbocycles. The minimum Gasteiger partial charge on any atom is -0.326 e. The number of fused-ring (bicyclic) bond motifs is 1. The maximum atomic E-state index is 12.1. The van der Waals surface area contributed by atoms with Crippen molar-refractivity contribution >= 4 is 11.6 Å². The highest BCUT2D eigenvalue weighted by atomic mass is 16.2. The number of carbonyl (C=O) groups excluding carboxylic acids is 1. The molecular formula is C14H19N3O. The van der Waals surface area contributed by atoms with Gasteiger partial charge in [-0.15, -0.1) is 0 Å². The number of rotatable bonds is 2. The maximum absolute atomic E-state index is 12.1. The molecular weight excluding hydrogens is 226 g/mol. The Morgan fingerprint density at radius 3 is 3.00 bits per heavy atom. The molecule has 2 atom stereocenters. The number of likely N-dealkylation sites (tertiary alicyclic amines) is 1. The van der Waals surface area contributed by atoms with Crippen molar-refractivity contribution in [2.45, 2.75) is 31.8 Å². The fourth-order valence-corrected chi connectivity index (χ4v) is 2.93. The summed E-state index contributed by atoms with van der Waals surface area (Å²) in [6.07, 6.45) is 1.97. The van der Waals surface area contributed by atoms with Crippen LogP contribution in [-0.4, -0.2) is 29.9 Å². The van der Waals surface area contributed by atoms with E-state index < -0.39 is 0 Å². The Hall–Kier alpha value is -1.39. The Kier molecular flexibility index (Phi) is 2.84. The van der Waals surface area contributed by atoms with Crippen LogP contribution in [0.2, 0.25) is 0 Å². The topological polar surface area (TPSA) is 58.4 Å². The number of anilines is 1. The van der Waals surface area contributed by atoms with Crippen molar-refractivity contribution < 1.29 is 4.79 Å². The molecule has 4 nitrogen and oxygen atoms in total. The molecule has 1 aromatic rings. The molecule has 0 bridgehead atoms. The number of benzene rings is 1. The van der Waals surface area contributed by atoms with Gasteiger partial charge in [-0.1, -0.05) is 19.1 Å². The summed E-state index contributed by atoms with van der Waals surface area (Å²) in [5, 5.41) is 2.97. The second-order valence-electron chi connectivity index (χ2n) is 5.21. The smallest absolute Gasteiger partial charge is 0.246 e. The van der Waals surface area contributed by atoms with Gasteiger partial charge in [-0.3, -0.25) is 9.69 Å². The standard InChI is InChI=1S/C14H19N3O/c1-2-9-3-4-12-11(7-9)13(14(18)16-12)17-6-5-10(15)8-17/h3-4,7,10,13H,2,5-6,8,15H2,1H3,(H,16,18). The second-order valence-corrected chi connectivity index (χ2v) is 5.21. The fourth-order valence-electron chi connectivity index (χ4n) is 2.93. The third-order valence-corrected chi connectivity index (χ3v) is 3.95. The molecule has 0 spiro atoms. The van der Waals surface area contributed by atoms with Gasteiger partial charge in [-0.25, -0.2) is 0 Å². The van der Waals surface area contributed by atoms with Crippen molar-refractivity contribution in [3.63, 3.8) is 0 Å². The number of nitrogens with two attached hydrogens (primary N) is 1. The first-order valence-electron chi connectivity index (χ1n) is 6.62. The van der Waals surface area contributed by atoms with Gasteiger partial charge in [0.25, 0.3) is 0 Å². The zero-order valence-corrected chi connectivity index (χ0v) is 10.6. The molecule has 2 aliphatic heterocycles. The van der Waals surface area contributed by atoms with Gasteiger partial charge >= 0.3 is 0 Å². The number of carbonyl (C=O) groups is 1. The monoisotopic (exact) mass is 245 g/mol. The third kappa shape index (κ3) is 1.82. The first kappa shape index (κ1) is 11.7. The first-order chi connectivity index (χ1) is 8.69. The predicted molar refractivity (Wildman–Crippen MR) is 71.4 cm³/mol. The molecule has 1 amide bonds. The van der Waals surface area contributed by atoms with E-state index in [-0.39, 0.29) is 18.0 Å². The van der Waals surface area contributed by atoms with Crippen LogP contribution in [0.5, 0.6) is 0 Å². The van der Waals surface area contributed by atoms with Crippen LogP contribution in [0.15, 0.2) is 18.2 Å². The molecule has 96 valence electrons. The highest BCUT2D eigenvalue weighted by Gasteiger charge is 2.38. The van der Waals surface area contributed by atoms with Crippen LogP contribution in [0, 0.1) is 0 Å². The summed E-state index contributed by atoms with van der Waals surface area (Å²) in [4.78, 5) is 14.3. The Labute approximate surface area is 107 Å². The zero-order valence-electron chi connectivity index (χ0n) is 10.6. The SMILES string of the molecule is CCc1ccc2c(c1)C(N1CCC(N)C1)C(=O)N2. The summed E-state index contributed by atoms with van der Waals surface area (Å²) in [6, 6.07) is 6.32. The molecule has 4 heteroatoms. The lowest BCUT2D eigenvalue weighted by Crippen LogP contribution is -2.33. The van der Waals surface area contributed by atoms with Crippen molar-refractivity contribution in [1.29, 1.82) is 0 Å². The van der Waals surface area contributed by atoms with Gasteiger partial charge in [0.1, 0.15) is 6.04 Å². The highest BCUT2D eigenvalue weighted by Crippen LogP contribution is 2.37. The lowest BCUT2D eigenvalue weighted by atomic mass is 10.0. The van der Waals surface area contributed by atoms with E-state index in [9.17, 15) is 4.79 Å². The van der Waals surface area contributed by atoms with E-state index in [4.69, 9.17) is 5.73 Å². The molecule has 0 saturated carbocycles. The number of hydrogen-bond donors (Lipinski definition) is 2. The van der Waals surface area contributed by atoms with Crippen molar-refractivity contribution in [1.82, 2.24) is 4.90 Å². The van der Waals surface area contributed by atoms with Crippen LogP contribution < -0.4 is 11.1 Å². The van der Waals surface area contributed by atoms with Crippen molar-refractivity contribution in [2.24, 2.45) is 5.73 Å². The number of nitrogens with zero attached hydrogens (tertiary/aromatic N) is 1. The number of aryl methyl sites for hydroxylation is 1. The van der Waals surface area contributed by atoms with E-state index in [0.29, 0.717) is 0 Å². The molecule has 0 aromatic heterocycles. The van der Waals surface area contributed by atoms with Gasteiger partial charge in [-0.2, -0.15) is 0 Å². The average molecular weight is 245 g/mol. The van der Waals surface area contributed by atoms with Gasteiger partial charge in [0, 0.05) is 30.4 Å². The Morgan fingerprint density at radius 1 is 1.50 bits per heavy atom. The molecule has 0 radical (unpaired) electrons. The second kappa shape index (κ2) is 4.37. The van der Waals surface area contributed by atoms with E-state index in [2.05, 4.69) is 29.3 Å². The van der Waals surface area contributed by atoms with E-state index in [0.717, 1.165) is 37.2 Å². The normalized spacial score (nSPS) is 27.3. The molecule has 1 fully saturated rings. The number of nitrogens with one attached hydrogen (secondary N) is 1. The average Bonchev–Trinajstić information content (AvgIpc) is 2.90. The van der Waals surface area contributed by atoms with Crippen molar-refractivity contribution in [3.8, 4) is 0 Å². The Balaban J connectivity index is 1.95. The van der Waals surface area contributed by atoms with Crippen LogP contribution in [0.3, 0.4) is 0 Å². The van der Waals surface area contributed by atoms with Crippen LogP contribution in [0.25, 0.3) is 0 Å². The quantitative estimate of drug-likeness (QED) is 0.825. The molecule has 18 heavy (non-hydrogen) atoms. The van der Waals surface area contributed by atoms with Crippen LogP contribution in [0.4, 0.5) is 5.69 Å². The van der Waals surface area contributed by atoms with Crippen molar-refractivity contribution in [2.75, 3.05) is 18.4 Å². The Bertz CT molecular complexity index is 486. The fraction of sp³-hybridized carbons (Fsp3) is 0.500. The van der Waals surface area contributed by atoms with E-state index in [1.807, 2.05) is 6.07 Å². The molecule has 2 unspecified atom stereocenters. The number of amides is 1. The summed E-state index contributed by atoms with van der Waals surface area (Å²) < 4.78 is 0. The first-order valence-corrected chi connectivity index (χ1v) is 6.62. The molecule has 3 rings (SSSR count). The van der Waals surface area contributed by atoms with E-state index >= 15 is 0 Å². The third-order valence-electron chi connectivity index (χ3n) is 3.95. The zero-order chi connectivity index (χ0) is 12.7. The predicted octanol–water partition coefficient (Wildman–Crippen LogP) is 1.28. The maximum Gasteiger partial charge on any atom is 0.246 e. The van der Waals surface area contributed by atoms with Gasteiger partial charge in [-0.05, 0) is 24.5 Å². The summed E-state index contributed by atoms with van der Waals surface area (Å²) in [6.45, 7) is 3.86. The minimum absolute atomic E-state index is 0.0901. The largest absolute Gasteiger partial charge is 0.326 e. The number of hydrogen-bond acceptors (Lipinski definition) is 3. The lowest BCUT2D eigenvalue weighted by molar-refractivity contribution is -0.120. The van der Waals surface area contributed by atoms with Crippen molar-refractivity contribution in [3.05, 3.63) is 29.3 Å². The van der Waals surface area contributed by atoms with Gasteiger partial charge in [0.05, 0.1) is 0 Å². The van der Waals surface area contributed by atoms with Crippen LogP contribution in [-0.2, 0) is 11.2 Å². The summed E-state index contributed by atoms with van der Waals surface area (Å²) >= 11 is 0. The molecule has 3 N–H and O–H groups in total. The minimum atomic E-state index is -0.139. The summed E-state index contributed by atoms with van der Waals surface area (Å²) in [5.41, 5.74) is 9.30. The van der Waals surface area contributed by atoms with Crippen LogP contribution >= 0.6 is 0 Å². The van der Waals surface area contributed by atoms with Gasteiger partial charge in [0.2, 0.25) is 5.91 Å². The van der Waals surface area contributed by atoms with Gasteiger partial charge < -0.3 is 11.1 Å². The summed E-state index contributed by atoms with van der Waals surface area (Å²) in [7, 11) is 0. The van der Waals surface area contributed by atoms with Gasteiger partial charge in [0.15, 0.2) is 0 Å². The highest BCUT2D eigenvalue weighted by molar-refractivity contribution is 6.02. The molecule has 2 aliphatic rings. The Morgan fingerprint density at radius 2 is 2.33 bits per heavy atom. The molecule has 2 heterocycles. The molecule has 1 saturated heterocycles. The van der Waals surface area contributed by atoms with Crippen LogP contribution in [0.1, 0.15) is 30.5 Å². The van der Waals surface area contributed by atoms with E-state index in [1.165, 1.54) is 5.56 Å². The van der Waals surface area contributed by atoms with E-state index in [1.54, 1.807) is 0 Å². The molecule has 0 aliphatic carbocycles. The summed E-state index contributed by atoms with van der Waals surface area (Å²) in [5.74, 6) is 0.0901.